The van der Waals surface area contributed by atoms with E-state index in [0.29, 0.717) is 11.4 Å². The van der Waals surface area contributed by atoms with Crippen LogP contribution in [0, 0.1) is 11.1 Å². The zero-order valence-corrected chi connectivity index (χ0v) is 8.80. The molecule has 3 rings (SSSR count). The first kappa shape index (κ1) is 9.39. The van der Waals surface area contributed by atoms with Crippen LogP contribution in [0.4, 0.5) is 0 Å². The SMILES string of the molecule is O=C1C2CCCC=C2[N+]([O-])=Cc2cccn21. The van der Waals surface area contributed by atoms with Gasteiger partial charge >= 0.3 is 0 Å². The molecule has 0 saturated carbocycles. The number of allylic oxidation sites excluding steroid dienone is 2. The average molecular weight is 216 g/mol. The molecule has 1 aliphatic heterocycles. The molecule has 1 unspecified atom stereocenters. The van der Waals surface area contributed by atoms with Gasteiger partial charge in [-0.3, -0.25) is 9.36 Å². The van der Waals surface area contributed by atoms with Gasteiger partial charge in [0.15, 0.2) is 0 Å². The predicted molar refractivity (Wildman–Crippen MR) is 59.3 cm³/mol. The second-order valence-corrected chi connectivity index (χ2v) is 4.21. The molecule has 4 heteroatoms. The van der Waals surface area contributed by atoms with E-state index in [9.17, 15) is 10.0 Å². The van der Waals surface area contributed by atoms with Crippen LogP contribution in [0.5, 0.6) is 0 Å². The normalized spacial score (nSPS) is 24.0. The quantitative estimate of drug-likeness (QED) is 0.490. The molecule has 0 radical (unpaired) electrons. The molecule has 1 atom stereocenters. The number of fused-ring (bicyclic) bond motifs is 2. The number of hydrogen-bond donors (Lipinski definition) is 0. The second-order valence-electron chi connectivity index (χ2n) is 4.21. The number of carbonyl (C=O) groups is 1. The number of nitrogens with zero attached hydrogens (tertiary/aromatic N) is 2. The van der Waals surface area contributed by atoms with E-state index in [1.165, 1.54) is 6.21 Å². The van der Waals surface area contributed by atoms with Crippen molar-refractivity contribution in [2.45, 2.75) is 19.3 Å². The fraction of sp³-hybridized carbons (Fsp3) is 0.333. The van der Waals surface area contributed by atoms with Gasteiger partial charge in [0, 0.05) is 6.20 Å². The average Bonchev–Trinajstić information content (AvgIpc) is 2.72. The Morgan fingerprint density at radius 2 is 2.38 bits per heavy atom. The summed E-state index contributed by atoms with van der Waals surface area (Å²) in [6.07, 6.45) is 7.73. The molecule has 0 bridgehead atoms. The van der Waals surface area contributed by atoms with Gasteiger partial charge in [-0.05, 0) is 37.5 Å². The van der Waals surface area contributed by atoms with Crippen LogP contribution in [0.15, 0.2) is 30.1 Å². The van der Waals surface area contributed by atoms with Crippen LogP contribution in [-0.2, 0) is 0 Å². The zero-order chi connectivity index (χ0) is 11.1. The van der Waals surface area contributed by atoms with Crippen molar-refractivity contribution < 1.29 is 9.53 Å². The lowest BCUT2D eigenvalue weighted by molar-refractivity contribution is -0.403. The maximum absolute atomic E-state index is 12.2. The van der Waals surface area contributed by atoms with Gasteiger partial charge in [-0.15, -0.1) is 0 Å². The third-order valence-electron chi connectivity index (χ3n) is 3.23. The fourth-order valence-corrected chi connectivity index (χ4v) is 2.42. The number of aromatic nitrogens is 1. The minimum Gasteiger partial charge on any atom is -0.618 e. The maximum atomic E-state index is 12.2. The number of carbonyl (C=O) groups excluding carboxylic acids is 1. The summed E-state index contributed by atoms with van der Waals surface area (Å²) >= 11 is 0. The van der Waals surface area contributed by atoms with Gasteiger partial charge in [0.2, 0.25) is 17.8 Å². The van der Waals surface area contributed by atoms with E-state index >= 15 is 0 Å². The van der Waals surface area contributed by atoms with Crippen LogP contribution in [0.1, 0.15) is 29.8 Å². The summed E-state index contributed by atoms with van der Waals surface area (Å²) < 4.78 is 2.42. The lowest BCUT2D eigenvalue weighted by Gasteiger charge is -2.18. The molecule has 0 amide bonds. The molecule has 2 aliphatic rings. The summed E-state index contributed by atoms with van der Waals surface area (Å²) in [5, 5.41) is 11.9. The van der Waals surface area contributed by atoms with Gasteiger partial charge in [-0.1, -0.05) is 0 Å². The van der Waals surface area contributed by atoms with Crippen LogP contribution in [0.3, 0.4) is 0 Å². The Hall–Kier alpha value is -1.84. The zero-order valence-electron chi connectivity index (χ0n) is 8.80. The summed E-state index contributed by atoms with van der Waals surface area (Å²) in [6, 6.07) is 3.57. The minimum atomic E-state index is -0.267. The van der Waals surface area contributed by atoms with Crippen LogP contribution >= 0.6 is 0 Å². The van der Waals surface area contributed by atoms with Crippen molar-refractivity contribution in [1.29, 1.82) is 0 Å². The van der Waals surface area contributed by atoms with Crippen molar-refractivity contribution in [3.05, 3.63) is 41.0 Å². The summed E-state index contributed by atoms with van der Waals surface area (Å²) in [5.41, 5.74) is 1.27. The first-order chi connectivity index (χ1) is 7.77. The summed E-state index contributed by atoms with van der Waals surface area (Å²) in [6.45, 7) is 0. The first-order valence-corrected chi connectivity index (χ1v) is 5.50. The Labute approximate surface area is 93.1 Å². The highest BCUT2D eigenvalue weighted by molar-refractivity contribution is 5.91. The summed E-state index contributed by atoms with van der Waals surface area (Å²) in [4.78, 5) is 12.2. The van der Waals surface area contributed by atoms with Crippen LogP contribution in [-0.4, -0.2) is 21.4 Å². The predicted octanol–water partition coefficient (Wildman–Crippen LogP) is 1.76. The van der Waals surface area contributed by atoms with E-state index < -0.39 is 0 Å². The van der Waals surface area contributed by atoms with Gasteiger partial charge in [0.05, 0.1) is 0 Å². The highest BCUT2D eigenvalue weighted by Gasteiger charge is 2.34. The smallest absolute Gasteiger partial charge is 0.245 e. The van der Waals surface area contributed by atoms with E-state index in [1.54, 1.807) is 22.9 Å². The molecule has 2 heterocycles. The number of hydrogen-bond acceptors (Lipinski definition) is 2. The molecule has 4 nitrogen and oxygen atoms in total. The Morgan fingerprint density at radius 1 is 1.50 bits per heavy atom. The van der Waals surface area contributed by atoms with Crippen molar-refractivity contribution in [1.82, 2.24) is 4.57 Å². The fourth-order valence-electron chi connectivity index (χ4n) is 2.42. The molecular weight excluding hydrogens is 204 g/mol. The molecular formula is C12H12N2O2. The van der Waals surface area contributed by atoms with E-state index in [-0.39, 0.29) is 11.8 Å². The van der Waals surface area contributed by atoms with E-state index in [0.717, 1.165) is 24.0 Å². The largest absolute Gasteiger partial charge is 0.618 e. The monoisotopic (exact) mass is 216 g/mol. The summed E-state index contributed by atoms with van der Waals surface area (Å²) in [5.74, 6) is -0.253. The molecule has 0 saturated heterocycles. The number of rotatable bonds is 0. The van der Waals surface area contributed by atoms with Gasteiger partial charge in [-0.25, -0.2) is 0 Å². The van der Waals surface area contributed by atoms with Crippen molar-refractivity contribution in [2.75, 3.05) is 0 Å². The van der Waals surface area contributed by atoms with Gasteiger partial charge in [0.1, 0.15) is 11.6 Å². The lowest BCUT2D eigenvalue weighted by Crippen LogP contribution is -2.26. The third kappa shape index (κ3) is 1.23. The molecule has 1 aromatic heterocycles. The molecule has 1 aromatic rings. The minimum absolute atomic E-state index is 0.0144. The molecule has 0 aromatic carbocycles. The Balaban J connectivity index is 2.19. The van der Waals surface area contributed by atoms with E-state index in [4.69, 9.17) is 0 Å². The van der Waals surface area contributed by atoms with Crippen molar-refractivity contribution in [3.8, 4) is 0 Å². The Kier molecular flexibility index (Phi) is 1.96. The third-order valence-corrected chi connectivity index (χ3v) is 3.23. The van der Waals surface area contributed by atoms with E-state index in [1.807, 2.05) is 6.08 Å². The topological polar surface area (TPSA) is 48.1 Å². The van der Waals surface area contributed by atoms with Crippen LogP contribution in [0.25, 0.3) is 0 Å². The Morgan fingerprint density at radius 3 is 3.25 bits per heavy atom. The molecule has 0 N–H and O–H groups in total. The number of hydroxylamine groups is 1. The van der Waals surface area contributed by atoms with Crippen molar-refractivity contribution in [2.24, 2.45) is 5.92 Å². The van der Waals surface area contributed by atoms with Gasteiger partial charge < -0.3 is 5.21 Å². The van der Waals surface area contributed by atoms with Crippen LogP contribution in [0.2, 0.25) is 0 Å². The Bertz CT molecular complexity index is 511. The first-order valence-electron chi connectivity index (χ1n) is 5.50. The molecule has 0 spiro atoms. The van der Waals surface area contributed by atoms with Gasteiger partial charge in [0.25, 0.3) is 0 Å². The maximum Gasteiger partial charge on any atom is 0.245 e. The van der Waals surface area contributed by atoms with E-state index in [2.05, 4.69) is 0 Å². The molecule has 16 heavy (non-hydrogen) atoms. The second kappa shape index (κ2) is 3.33. The molecule has 82 valence electrons. The standard InChI is InChI=1S/C12H12N2O2/c15-12-10-5-1-2-6-11(10)14(16)8-9-4-3-7-13(9)12/h3-4,6-8,10H,1-2,5H2. The van der Waals surface area contributed by atoms with Gasteiger partial charge in [-0.2, -0.15) is 4.74 Å². The van der Waals surface area contributed by atoms with Crippen molar-refractivity contribution >= 4 is 12.1 Å². The lowest BCUT2D eigenvalue weighted by atomic mass is 9.91. The van der Waals surface area contributed by atoms with Crippen LogP contribution < -0.4 is 0 Å². The summed E-state index contributed by atoms with van der Waals surface area (Å²) in [7, 11) is 0. The highest BCUT2D eigenvalue weighted by atomic mass is 16.5. The van der Waals surface area contributed by atoms with Crippen molar-refractivity contribution in [3.63, 3.8) is 0 Å². The molecule has 1 aliphatic carbocycles. The highest BCUT2D eigenvalue weighted by Crippen LogP contribution is 2.28. The molecule has 0 fully saturated rings.